The lowest BCUT2D eigenvalue weighted by Crippen LogP contribution is -2.01. The fraction of sp³-hybridized carbons (Fsp3) is 0.300. The maximum Gasteiger partial charge on any atom is 0.168 e. The van der Waals surface area contributed by atoms with E-state index in [9.17, 15) is 0 Å². The summed E-state index contributed by atoms with van der Waals surface area (Å²) < 4.78 is 13.3. The van der Waals surface area contributed by atoms with Gasteiger partial charge in [0.25, 0.3) is 0 Å². The number of ether oxygens (including phenoxy) is 2. The third-order valence-corrected chi connectivity index (χ3v) is 4.49. The van der Waals surface area contributed by atoms with E-state index in [1.165, 1.54) is 5.56 Å². The van der Waals surface area contributed by atoms with E-state index in [-0.39, 0.29) is 0 Å². The highest BCUT2D eigenvalue weighted by atomic mass is 16.5. The lowest BCUT2D eigenvalue weighted by molar-refractivity contribution is 0.338. The van der Waals surface area contributed by atoms with Crippen LogP contribution in [0.1, 0.15) is 23.9 Å². The lowest BCUT2D eigenvalue weighted by atomic mass is 10.1. The largest absolute Gasteiger partial charge is 0.494 e. The Morgan fingerprint density at radius 2 is 2.00 bits per heavy atom. The molecule has 0 spiro atoms. The maximum atomic E-state index is 5.64. The summed E-state index contributed by atoms with van der Waals surface area (Å²) in [6.07, 6.45) is 0.946. The third-order valence-electron chi connectivity index (χ3n) is 4.49. The SMILES string of the molecule is CCOc1ccc(-c2nnc(C)n2-c2ccc3c(c2)CCO3)cc1C. The van der Waals surface area contributed by atoms with Crippen LogP contribution in [-0.4, -0.2) is 28.0 Å². The first-order valence-corrected chi connectivity index (χ1v) is 8.59. The van der Waals surface area contributed by atoms with Crippen LogP contribution in [0.25, 0.3) is 17.1 Å². The summed E-state index contributed by atoms with van der Waals surface area (Å²) in [7, 11) is 0. The Morgan fingerprint density at radius 1 is 1.12 bits per heavy atom. The molecule has 0 saturated heterocycles. The second-order valence-corrected chi connectivity index (χ2v) is 6.21. The molecular formula is C20H21N3O2. The molecule has 0 unspecified atom stereocenters. The lowest BCUT2D eigenvalue weighted by Gasteiger charge is -2.12. The summed E-state index contributed by atoms with van der Waals surface area (Å²) in [5.74, 6) is 3.58. The Balaban J connectivity index is 1.79. The van der Waals surface area contributed by atoms with Crippen molar-refractivity contribution in [3.05, 3.63) is 53.3 Å². The highest BCUT2D eigenvalue weighted by Crippen LogP contribution is 2.31. The van der Waals surface area contributed by atoms with Crippen LogP contribution >= 0.6 is 0 Å². The molecule has 1 aliphatic heterocycles. The quantitative estimate of drug-likeness (QED) is 0.726. The highest BCUT2D eigenvalue weighted by molar-refractivity contribution is 5.62. The van der Waals surface area contributed by atoms with Gasteiger partial charge in [0.2, 0.25) is 0 Å². The molecule has 0 amide bonds. The van der Waals surface area contributed by atoms with Crippen molar-refractivity contribution in [3.63, 3.8) is 0 Å². The van der Waals surface area contributed by atoms with Gasteiger partial charge in [-0.2, -0.15) is 0 Å². The van der Waals surface area contributed by atoms with Crippen LogP contribution in [-0.2, 0) is 6.42 Å². The highest BCUT2D eigenvalue weighted by Gasteiger charge is 2.17. The summed E-state index contributed by atoms with van der Waals surface area (Å²) in [6, 6.07) is 12.4. The van der Waals surface area contributed by atoms with E-state index in [0.29, 0.717) is 6.61 Å². The number of hydrogen-bond donors (Lipinski definition) is 0. The molecule has 4 rings (SSSR count). The fourth-order valence-corrected chi connectivity index (χ4v) is 3.28. The molecule has 0 bridgehead atoms. The predicted octanol–water partition coefficient (Wildman–Crippen LogP) is 3.88. The van der Waals surface area contributed by atoms with Crippen molar-refractivity contribution in [2.75, 3.05) is 13.2 Å². The number of fused-ring (bicyclic) bond motifs is 1. The summed E-state index contributed by atoms with van der Waals surface area (Å²) in [5, 5.41) is 8.72. The number of rotatable bonds is 4. The van der Waals surface area contributed by atoms with Crippen molar-refractivity contribution in [3.8, 4) is 28.6 Å². The zero-order valence-electron chi connectivity index (χ0n) is 14.7. The van der Waals surface area contributed by atoms with Gasteiger partial charge in [-0.05, 0) is 68.3 Å². The van der Waals surface area contributed by atoms with Gasteiger partial charge in [-0.1, -0.05) is 0 Å². The smallest absolute Gasteiger partial charge is 0.168 e. The molecule has 0 N–H and O–H groups in total. The van der Waals surface area contributed by atoms with Gasteiger partial charge in [0, 0.05) is 17.7 Å². The number of aryl methyl sites for hydroxylation is 2. The van der Waals surface area contributed by atoms with Crippen molar-refractivity contribution < 1.29 is 9.47 Å². The molecule has 0 aliphatic carbocycles. The molecule has 25 heavy (non-hydrogen) atoms. The molecule has 0 atom stereocenters. The summed E-state index contributed by atoms with van der Waals surface area (Å²) >= 11 is 0. The van der Waals surface area contributed by atoms with Crippen LogP contribution < -0.4 is 9.47 Å². The van der Waals surface area contributed by atoms with Crippen molar-refractivity contribution in [2.24, 2.45) is 0 Å². The minimum atomic E-state index is 0.659. The van der Waals surface area contributed by atoms with E-state index in [0.717, 1.165) is 53.0 Å². The fourth-order valence-electron chi connectivity index (χ4n) is 3.28. The monoisotopic (exact) mass is 335 g/mol. The molecule has 0 fully saturated rings. The first-order chi connectivity index (χ1) is 12.2. The van der Waals surface area contributed by atoms with Crippen LogP contribution in [0, 0.1) is 13.8 Å². The van der Waals surface area contributed by atoms with Gasteiger partial charge < -0.3 is 9.47 Å². The molecule has 2 aromatic carbocycles. The Hall–Kier alpha value is -2.82. The molecule has 1 aromatic heterocycles. The molecule has 5 heteroatoms. The molecule has 128 valence electrons. The van der Waals surface area contributed by atoms with Crippen LogP contribution in [0.3, 0.4) is 0 Å². The average Bonchev–Trinajstić information content (AvgIpc) is 3.22. The van der Waals surface area contributed by atoms with Crippen LogP contribution in [0.2, 0.25) is 0 Å². The number of hydrogen-bond acceptors (Lipinski definition) is 4. The van der Waals surface area contributed by atoms with E-state index in [1.54, 1.807) is 0 Å². The van der Waals surface area contributed by atoms with Gasteiger partial charge in [0.15, 0.2) is 5.82 Å². The van der Waals surface area contributed by atoms with Crippen LogP contribution in [0.5, 0.6) is 11.5 Å². The minimum Gasteiger partial charge on any atom is -0.494 e. The standard InChI is InChI=1S/C20H21N3O2/c1-4-24-18-7-5-16(11-13(18)2)20-22-21-14(3)23(20)17-6-8-19-15(12-17)9-10-25-19/h5-8,11-12H,4,9-10H2,1-3H3. The van der Waals surface area contributed by atoms with E-state index >= 15 is 0 Å². The van der Waals surface area contributed by atoms with Gasteiger partial charge in [-0.25, -0.2) is 0 Å². The number of aromatic nitrogens is 3. The third kappa shape index (κ3) is 2.76. The van der Waals surface area contributed by atoms with E-state index in [4.69, 9.17) is 9.47 Å². The zero-order valence-corrected chi connectivity index (χ0v) is 14.7. The predicted molar refractivity (Wildman–Crippen MR) is 96.6 cm³/mol. The molecular weight excluding hydrogens is 314 g/mol. The summed E-state index contributed by atoms with van der Waals surface area (Å²) in [6.45, 7) is 7.43. The Kier molecular flexibility index (Phi) is 3.92. The van der Waals surface area contributed by atoms with Crippen LogP contribution in [0.15, 0.2) is 36.4 Å². The molecule has 0 radical (unpaired) electrons. The second-order valence-electron chi connectivity index (χ2n) is 6.21. The van der Waals surface area contributed by atoms with Crippen molar-refractivity contribution in [1.82, 2.24) is 14.8 Å². The first-order valence-electron chi connectivity index (χ1n) is 8.59. The van der Waals surface area contributed by atoms with Gasteiger partial charge in [0.1, 0.15) is 17.3 Å². The normalized spacial score (nSPS) is 12.8. The summed E-state index contributed by atoms with van der Waals surface area (Å²) in [4.78, 5) is 0. The molecule has 3 aromatic rings. The Morgan fingerprint density at radius 3 is 2.80 bits per heavy atom. The summed E-state index contributed by atoms with van der Waals surface area (Å²) in [5.41, 5.74) is 4.42. The maximum absolute atomic E-state index is 5.64. The number of nitrogens with zero attached hydrogens (tertiary/aromatic N) is 3. The second kappa shape index (κ2) is 6.24. The Labute approximate surface area is 147 Å². The first kappa shape index (κ1) is 15.7. The van der Waals surface area contributed by atoms with E-state index in [2.05, 4.69) is 39.9 Å². The zero-order chi connectivity index (χ0) is 17.4. The molecule has 0 saturated carbocycles. The van der Waals surface area contributed by atoms with Gasteiger partial charge in [-0.15, -0.1) is 10.2 Å². The molecule has 5 nitrogen and oxygen atoms in total. The van der Waals surface area contributed by atoms with Crippen molar-refractivity contribution in [1.29, 1.82) is 0 Å². The average molecular weight is 335 g/mol. The van der Waals surface area contributed by atoms with E-state index in [1.807, 2.05) is 32.0 Å². The van der Waals surface area contributed by atoms with Crippen molar-refractivity contribution in [2.45, 2.75) is 27.2 Å². The number of benzene rings is 2. The van der Waals surface area contributed by atoms with Crippen LogP contribution in [0.4, 0.5) is 0 Å². The van der Waals surface area contributed by atoms with Gasteiger partial charge >= 0.3 is 0 Å². The van der Waals surface area contributed by atoms with Gasteiger partial charge in [0.05, 0.1) is 13.2 Å². The Bertz CT molecular complexity index is 931. The molecule has 1 aliphatic rings. The minimum absolute atomic E-state index is 0.659. The molecule has 2 heterocycles. The van der Waals surface area contributed by atoms with Crippen molar-refractivity contribution >= 4 is 0 Å². The topological polar surface area (TPSA) is 49.2 Å². The van der Waals surface area contributed by atoms with E-state index < -0.39 is 0 Å². The van der Waals surface area contributed by atoms with Gasteiger partial charge in [-0.3, -0.25) is 4.57 Å².